The molecular formula is C21H29N5O. The van der Waals surface area contributed by atoms with Gasteiger partial charge in [-0.05, 0) is 45.4 Å². The maximum atomic E-state index is 5.64. The van der Waals surface area contributed by atoms with E-state index in [4.69, 9.17) is 4.74 Å². The maximum absolute atomic E-state index is 5.64. The molecule has 0 fully saturated rings. The Hall–Kier alpha value is -2.89. The van der Waals surface area contributed by atoms with Gasteiger partial charge in [0.05, 0.1) is 18.6 Å². The van der Waals surface area contributed by atoms with Crippen molar-refractivity contribution in [1.29, 1.82) is 0 Å². The molecule has 1 N–H and O–H groups in total. The molecule has 0 aromatic carbocycles. The molecule has 0 aliphatic heterocycles. The Labute approximate surface area is 161 Å². The van der Waals surface area contributed by atoms with Crippen molar-refractivity contribution in [2.24, 2.45) is 4.99 Å². The molecule has 0 radical (unpaired) electrons. The summed E-state index contributed by atoms with van der Waals surface area (Å²) in [6, 6.07) is 5.92. The summed E-state index contributed by atoms with van der Waals surface area (Å²) < 4.78 is 7.79. The van der Waals surface area contributed by atoms with Crippen LogP contribution >= 0.6 is 0 Å². The van der Waals surface area contributed by atoms with Gasteiger partial charge in [-0.15, -0.1) is 0 Å². The minimum atomic E-state index is 0.614. The van der Waals surface area contributed by atoms with Gasteiger partial charge in [0.25, 0.3) is 0 Å². The van der Waals surface area contributed by atoms with E-state index in [1.807, 2.05) is 31.5 Å². The molecule has 144 valence electrons. The van der Waals surface area contributed by atoms with Crippen LogP contribution < -0.4 is 5.32 Å². The fourth-order valence-corrected chi connectivity index (χ4v) is 2.73. The van der Waals surface area contributed by atoms with Crippen molar-refractivity contribution in [2.75, 3.05) is 13.2 Å². The van der Waals surface area contributed by atoms with Crippen LogP contribution in [0.1, 0.15) is 36.8 Å². The number of hydrogen-bond acceptors (Lipinski definition) is 5. The lowest BCUT2D eigenvalue weighted by Gasteiger charge is -2.11. The molecule has 6 heteroatoms. The molecule has 0 saturated carbocycles. The van der Waals surface area contributed by atoms with Crippen molar-refractivity contribution in [3.63, 3.8) is 0 Å². The Morgan fingerprint density at radius 3 is 2.93 bits per heavy atom. The zero-order valence-corrected chi connectivity index (χ0v) is 16.3. The zero-order chi connectivity index (χ0) is 19.5. The predicted octanol–water partition coefficient (Wildman–Crippen LogP) is 3.64. The molecule has 0 aliphatic carbocycles. The smallest absolute Gasteiger partial charge is 0.179 e. The second-order valence-corrected chi connectivity index (χ2v) is 6.25. The summed E-state index contributed by atoms with van der Waals surface area (Å²) in [6.07, 6.45) is 8.02. The molecule has 27 heavy (non-hydrogen) atoms. The van der Waals surface area contributed by atoms with E-state index in [1.54, 1.807) is 12.4 Å². The third-order valence-electron chi connectivity index (χ3n) is 4.23. The van der Waals surface area contributed by atoms with Gasteiger partial charge in [0.15, 0.2) is 5.88 Å². The van der Waals surface area contributed by atoms with E-state index in [9.17, 15) is 0 Å². The third-order valence-corrected chi connectivity index (χ3v) is 4.23. The van der Waals surface area contributed by atoms with Gasteiger partial charge in [-0.3, -0.25) is 9.98 Å². The summed E-state index contributed by atoms with van der Waals surface area (Å²) in [5.41, 5.74) is 4.00. The van der Waals surface area contributed by atoms with E-state index in [0.29, 0.717) is 12.5 Å². The molecule has 0 atom stereocenters. The summed E-state index contributed by atoms with van der Waals surface area (Å²) in [7, 11) is 0. The number of pyridine rings is 1. The maximum Gasteiger partial charge on any atom is 0.179 e. The minimum Gasteiger partial charge on any atom is -0.480 e. The van der Waals surface area contributed by atoms with Gasteiger partial charge < -0.3 is 14.6 Å². The number of nitrogens with zero attached hydrogens (tertiary/aromatic N) is 4. The summed E-state index contributed by atoms with van der Waals surface area (Å²) >= 11 is 0. The number of unbranched alkanes of at least 4 members (excludes halogenated alkanes) is 1. The molecule has 2 aromatic rings. The van der Waals surface area contributed by atoms with Gasteiger partial charge in [0, 0.05) is 43.3 Å². The highest BCUT2D eigenvalue weighted by molar-refractivity contribution is 5.98. The average Bonchev–Trinajstić information content (AvgIpc) is 3.03. The van der Waals surface area contributed by atoms with Crippen LogP contribution in [-0.4, -0.2) is 33.4 Å². The summed E-state index contributed by atoms with van der Waals surface area (Å²) in [5, 5.41) is 3.18. The lowest BCUT2D eigenvalue weighted by atomic mass is 10.2. The summed E-state index contributed by atoms with van der Waals surface area (Å²) in [4.78, 5) is 12.9. The topological polar surface area (TPSA) is 64.3 Å². The molecule has 6 nitrogen and oxygen atoms in total. The van der Waals surface area contributed by atoms with Crippen LogP contribution in [0.25, 0.3) is 0 Å². The van der Waals surface area contributed by atoms with Crippen molar-refractivity contribution < 1.29 is 4.74 Å². The van der Waals surface area contributed by atoms with Crippen LogP contribution in [0.5, 0.6) is 0 Å². The Balaban J connectivity index is 1.61. The van der Waals surface area contributed by atoms with Gasteiger partial charge in [-0.25, -0.2) is 4.98 Å². The first-order chi connectivity index (χ1) is 13.1. The Bertz CT molecular complexity index is 764. The van der Waals surface area contributed by atoms with Crippen molar-refractivity contribution in [2.45, 2.75) is 39.7 Å². The second kappa shape index (κ2) is 11.0. The number of nitrogens with one attached hydrogen (secondary N) is 1. The van der Waals surface area contributed by atoms with Gasteiger partial charge in [-0.1, -0.05) is 12.6 Å². The number of imidazole rings is 1. The third kappa shape index (κ3) is 6.73. The normalized spacial score (nSPS) is 11.3. The second-order valence-electron chi connectivity index (χ2n) is 6.25. The summed E-state index contributed by atoms with van der Waals surface area (Å²) in [6.45, 7) is 13.9. The summed E-state index contributed by atoms with van der Waals surface area (Å²) in [5.74, 6) is 0.614. The van der Waals surface area contributed by atoms with Gasteiger partial charge in [0.2, 0.25) is 0 Å². The molecule has 0 spiro atoms. The number of hydrogen-bond donors (Lipinski definition) is 1. The molecular weight excluding hydrogens is 338 g/mol. The first kappa shape index (κ1) is 20.4. The molecule has 0 bridgehead atoms. The highest BCUT2D eigenvalue weighted by Crippen LogP contribution is 2.09. The van der Waals surface area contributed by atoms with Crippen molar-refractivity contribution in [3.8, 4) is 0 Å². The average molecular weight is 367 g/mol. The molecule has 0 unspecified atom stereocenters. The van der Waals surface area contributed by atoms with Crippen molar-refractivity contribution >= 4 is 5.71 Å². The van der Waals surface area contributed by atoms with Gasteiger partial charge >= 0.3 is 0 Å². The van der Waals surface area contributed by atoms with Crippen LogP contribution in [0.4, 0.5) is 0 Å². The molecule has 0 saturated heterocycles. The number of rotatable bonds is 12. The number of aryl methyl sites for hydroxylation is 1. The number of aliphatic imine (C=N–C) groups is 1. The number of aromatic nitrogens is 3. The lowest BCUT2D eigenvalue weighted by molar-refractivity contribution is 0.186. The zero-order valence-electron chi connectivity index (χ0n) is 16.3. The van der Waals surface area contributed by atoms with Crippen LogP contribution in [-0.2, 0) is 17.7 Å². The highest BCUT2D eigenvalue weighted by atomic mass is 16.5. The largest absolute Gasteiger partial charge is 0.480 e. The van der Waals surface area contributed by atoms with E-state index in [1.165, 1.54) is 0 Å². The first-order valence-electron chi connectivity index (χ1n) is 9.24. The molecule has 0 aliphatic rings. The molecule has 2 heterocycles. The Morgan fingerprint density at radius 1 is 1.33 bits per heavy atom. The van der Waals surface area contributed by atoms with Gasteiger partial charge in [-0.2, -0.15) is 0 Å². The number of ether oxygens (including phenoxy) is 1. The van der Waals surface area contributed by atoms with E-state index < -0.39 is 0 Å². The van der Waals surface area contributed by atoms with Crippen LogP contribution in [0.15, 0.2) is 61.0 Å². The fourth-order valence-electron chi connectivity index (χ4n) is 2.73. The predicted molar refractivity (Wildman–Crippen MR) is 110 cm³/mol. The van der Waals surface area contributed by atoms with Crippen molar-refractivity contribution in [3.05, 3.63) is 73.0 Å². The van der Waals surface area contributed by atoms with Crippen LogP contribution in [0.2, 0.25) is 0 Å². The monoisotopic (exact) mass is 367 g/mol. The lowest BCUT2D eigenvalue weighted by Crippen LogP contribution is -2.18. The van der Waals surface area contributed by atoms with E-state index in [-0.39, 0.29) is 0 Å². The standard InChI is InChI=1S/C21H29N5O/c1-5-22-17(2)21-18(3)26(16-25-21)14-8-9-15-27-19(4)23-13-11-20-10-6-7-12-24-20/h5-7,10,12,16,23H,1,4,8-9,11,13-15H2,2-3H3/b22-17-. The minimum absolute atomic E-state index is 0.614. The van der Waals surface area contributed by atoms with Crippen LogP contribution in [0.3, 0.4) is 0 Å². The fraction of sp³-hybridized carbons (Fsp3) is 0.381. The van der Waals surface area contributed by atoms with Crippen LogP contribution in [0, 0.1) is 6.92 Å². The van der Waals surface area contributed by atoms with Gasteiger partial charge in [0.1, 0.15) is 5.69 Å². The van der Waals surface area contributed by atoms with Crippen molar-refractivity contribution in [1.82, 2.24) is 19.9 Å². The Morgan fingerprint density at radius 2 is 2.19 bits per heavy atom. The highest BCUT2D eigenvalue weighted by Gasteiger charge is 2.08. The molecule has 2 rings (SSSR count). The van der Waals surface area contributed by atoms with E-state index in [0.717, 1.165) is 55.1 Å². The quantitative estimate of drug-likeness (QED) is 0.353. The van der Waals surface area contributed by atoms with E-state index in [2.05, 4.69) is 44.9 Å². The first-order valence-corrected chi connectivity index (χ1v) is 9.24. The Kier molecular flexibility index (Phi) is 8.29. The van der Waals surface area contributed by atoms with E-state index >= 15 is 0 Å². The SMILES string of the molecule is C=C/N=C(/C)c1ncn(CCCCOC(=C)NCCc2ccccn2)c1C. The molecule has 2 aromatic heterocycles. The molecule has 0 amide bonds.